The van der Waals surface area contributed by atoms with Crippen LogP contribution in [0.1, 0.15) is 18.4 Å². The SMILES string of the molecule is Nc1ncc(Cl)c(CCl)c1-c1cccc2cc(NC(=O)C3C4CC(O)CC43)ncc12. The van der Waals surface area contributed by atoms with E-state index in [9.17, 15) is 9.90 Å². The number of carbonyl (C=O) groups is 1. The van der Waals surface area contributed by atoms with Crippen LogP contribution in [-0.2, 0) is 10.7 Å². The molecule has 6 nitrogen and oxygen atoms in total. The van der Waals surface area contributed by atoms with Crippen molar-refractivity contribution in [1.29, 1.82) is 0 Å². The number of aliphatic hydroxyl groups is 1. The molecule has 2 atom stereocenters. The molecule has 4 N–H and O–H groups in total. The second-order valence-electron chi connectivity index (χ2n) is 8.04. The van der Waals surface area contributed by atoms with Gasteiger partial charge < -0.3 is 16.2 Å². The van der Waals surface area contributed by atoms with Gasteiger partial charge in [0.1, 0.15) is 11.6 Å². The number of amides is 1. The third-order valence-corrected chi connectivity index (χ3v) is 6.90. The number of benzene rings is 1. The molecule has 154 valence electrons. The number of alkyl halides is 1. The van der Waals surface area contributed by atoms with Crippen LogP contribution in [0.15, 0.2) is 36.7 Å². The maximum Gasteiger partial charge on any atom is 0.229 e. The number of hydrogen-bond acceptors (Lipinski definition) is 5. The number of carbonyl (C=O) groups excluding carboxylic acids is 1. The molecule has 3 aromatic rings. The first-order valence-electron chi connectivity index (χ1n) is 9.84. The minimum atomic E-state index is -0.257. The average Bonchev–Trinajstić information content (AvgIpc) is 3.25. The normalized spacial score (nSPS) is 24.6. The van der Waals surface area contributed by atoms with Gasteiger partial charge in [0, 0.05) is 35.1 Å². The largest absolute Gasteiger partial charge is 0.393 e. The van der Waals surface area contributed by atoms with E-state index >= 15 is 0 Å². The fourth-order valence-electron chi connectivity index (χ4n) is 4.84. The lowest BCUT2D eigenvalue weighted by Gasteiger charge is -2.14. The molecule has 2 heterocycles. The van der Waals surface area contributed by atoms with Gasteiger partial charge in [-0.3, -0.25) is 4.79 Å². The van der Waals surface area contributed by atoms with Crippen LogP contribution in [0.5, 0.6) is 0 Å². The molecule has 30 heavy (non-hydrogen) atoms. The van der Waals surface area contributed by atoms with Gasteiger partial charge in [0.15, 0.2) is 0 Å². The molecule has 0 radical (unpaired) electrons. The molecule has 8 heteroatoms. The molecule has 0 bridgehead atoms. The zero-order valence-electron chi connectivity index (χ0n) is 16.0. The maximum atomic E-state index is 12.6. The molecule has 0 aliphatic heterocycles. The van der Waals surface area contributed by atoms with Crippen LogP contribution in [0.2, 0.25) is 5.02 Å². The summed E-state index contributed by atoms with van der Waals surface area (Å²) in [5, 5.41) is 14.8. The Morgan fingerprint density at radius 3 is 2.73 bits per heavy atom. The number of nitrogens with two attached hydrogens (primary N) is 1. The van der Waals surface area contributed by atoms with Crippen molar-refractivity contribution >= 4 is 51.5 Å². The number of anilines is 2. The Morgan fingerprint density at radius 2 is 2.00 bits per heavy atom. The first-order chi connectivity index (χ1) is 14.5. The molecule has 2 fully saturated rings. The third-order valence-electron chi connectivity index (χ3n) is 6.31. The molecule has 0 spiro atoms. The van der Waals surface area contributed by atoms with Crippen LogP contribution >= 0.6 is 23.2 Å². The van der Waals surface area contributed by atoms with Crippen molar-refractivity contribution in [2.24, 2.45) is 17.8 Å². The van der Waals surface area contributed by atoms with E-state index in [0.717, 1.165) is 34.7 Å². The van der Waals surface area contributed by atoms with E-state index in [1.54, 1.807) is 6.20 Å². The van der Waals surface area contributed by atoms with Gasteiger partial charge in [-0.25, -0.2) is 9.97 Å². The summed E-state index contributed by atoms with van der Waals surface area (Å²) < 4.78 is 0. The molecule has 2 unspecified atom stereocenters. The van der Waals surface area contributed by atoms with Gasteiger partial charge in [-0.1, -0.05) is 29.8 Å². The highest BCUT2D eigenvalue weighted by atomic mass is 35.5. The Morgan fingerprint density at radius 1 is 1.23 bits per heavy atom. The van der Waals surface area contributed by atoms with Crippen LogP contribution in [0, 0.1) is 17.8 Å². The van der Waals surface area contributed by atoms with Crippen molar-refractivity contribution in [2.75, 3.05) is 11.1 Å². The maximum absolute atomic E-state index is 12.6. The molecule has 2 saturated carbocycles. The number of nitrogen functional groups attached to an aromatic ring is 1. The number of fused-ring (bicyclic) bond motifs is 2. The van der Waals surface area contributed by atoms with Crippen molar-refractivity contribution in [3.8, 4) is 11.1 Å². The number of halogens is 2. The predicted molar refractivity (Wildman–Crippen MR) is 118 cm³/mol. The van der Waals surface area contributed by atoms with E-state index < -0.39 is 0 Å². The van der Waals surface area contributed by atoms with E-state index in [-0.39, 0.29) is 23.8 Å². The molecule has 2 aliphatic carbocycles. The summed E-state index contributed by atoms with van der Waals surface area (Å²) >= 11 is 12.4. The Hall–Kier alpha value is -2.41. The monoisotopic (exact) mass is 442 g/mol. The molecular weight excluding hydrogens is 423 g/mol. The first-order valence-corrected chi connectivity index (χ1v) is 10.8. The number of aliphatic hydroxyl groups excluding tert-OH is 1. The van der Waals surface area contributed by atoms with E-state index in [4.69, 9.17) is 28.9 Å². The predicted octanol–water partition coefficient (Wildman–Crippen LogP) is 4.23. The summed E-state index contributed by atoms with van der Waals surface area (Å²) in [6.07, 6.45) is 4.40. The topological polar surface area (TPSA) is 101 Å². The molecule has 1 aromatic carbocycles. The zero-order valence-corrected chi connectivity index (χ0v) is 17.5. The Kier molecular flexibility index (Phi) is 4.81. The van der Waals surface area contributed by atoms with Crippen LogP contribution in [-0.4, -0.2) is 27.1 Å². The number of pyridine rings is 2. The summed E-state index contributed by atoms with van der Waals surface area (Å²) in [7, 11) is 0. The Labute approximate surface area is 183 Å². The van der Waals surface area contributed by atoms with Crippen LogP contribution < -0.4 is 11.1 Å². The minimum Gasteiger partial charge on any atom is -0.393 e. The minimum absolute atomic E-state index is 0.0131. The van der Waals surface area contributed by atoms with Crippen molar-refractivity contribution < 1.29 is 9.90 Å². The van der Waals surface area contributed by atoms with E-state index in [1.165, 1.54) is 6.20 Å². The summed E-state index contributed by atoms with van der Waals surface area (Å²) in [6, 6.07) is 7.64. The quantitative estimate of drug-likeness (QED) is 0.524. The van der Waals surface area contributed by atoms with Gasteiger partial charge in [-0.2, -0.15) is 0 Å². The summed E-state index contributed by atoms with van der Waals surface area (Å²) in [5.41, 5.74) is 8.42. The summed E-state index contributed by atoms with van der Waals surface area (Å²) in [6.45, 7) is 0. The smallest absolute Gasteiger partial charge is 0.229 e. The van der Waals surface area contributed by atoms with Crippen LogP contribution in [0.4, 0.5) is 11.6 Å². The lowest BCUT2D eigenvalue weighted by molar-refractivity contribution is -0.118. The third kappa shape index (κ3) is 3.20. The van der Waals surface area contributed by atoms with Crippen molar-refractivity contribution in [3.05, 3.63) is 47.2 Å². The van der Waals surface area contributed by atoms with E-state index in [1.807, 2.05) is 24.3 Å². The lowest BCUT2D eigenvalue weighted by atomic mass is 9.96. The van der Waals surface area contributed by atoms with Gasteiger partial charge in [0.2, 0.25) is 5.91 Å². The first kappa shape index (κ1) is 19.5. The average molecular weight is 443 g/mol. The fraction of sp³-hybridized carbons (Fsp3) is 0.318. The van der Waals surface area contributed by atoms with Gasteiger partial charge in [0.25, 0.3) is 0 Å². The van der Waals surface area contributed by atoms with Gasteiger partial charge in [0.05, 0.1) is 11.1 Å². The van der Waals surface area contributed by atoms with E-state index in [2.05, 4.69) is 15.3 Å². The Bertz CT molecular complexity index is 1160. The lowest BCUT2D eigenvalue weighted by Crippen LogP contribution is -2.19. The molecular formula is C22H20Cl2N4O2. The molecule has 1 amide bonds. The van der Waals surface area contributed by atoms with Crippen molar-refractivity contribution in [1.82, 2.24) is 9.97 Å². The molecule has 5 rings (SSSR count). The number of aromatic nitrogens is 2. The summed E-state index contributed by atoms with van der Waals surface area (Å²) in [5.74, 6) is 1.64. The Balaban J connectivity index is 1.47. The highest BCUT2D eigenvalue weighted by Gasteiger charge is 2.59. The number of nitrogens with one attached hydrogen (secondary N) is 1. The fourth-order valence-corrected chi connectivity index (χ4v) is 5.40. The van der Waals surface area contributed by atoms with E-state index in [0.29, 0.717) is 34.1 Å². The molecule has 2 aromatic heterocycles. The van der Waals surface area contributed by atoms with Gasteiger partial charge in [-0.15, -0.1) is 11.6 Å². The molecule has 0 saturated heterocycles. The highest BCUT2D eigenvalue weighted by molar-refractivity contribution is 6.33. The van der Waals surface area contributed by atoms with Crippen molar-refractivity contribution in [2.45, 2.75) is 24.8 Å². The number of rotatable bonds is 4. The molecule has 2 aliphatic rings. The second kappa shape index (κ2) is 7.38. The van der Waals surface area contributed by atoms with Crippen molar-refractivity contribution in [3.63, 3.8) is 0 Å². The van der Waals surface area contributed by atoms with Crippen LogP contribution in [0.3, 0.4) is 0 Å². The second-order valence-corrected chi connectivity index (χ2v) is 8.72. The zero-order chi connectivity index (χ0) is 21.0. The van der Waals surface area contributed by atoms with Crippen LogP contribution in [0.25, 0.3) is 21.9 Å². The van der Waals surface area contributed by atoms with Gasteiger partial charge >= 0.3 is 0 Å². The number of hydrogen-bond donors (Lipinski definition) is 3. The highest BCUT2D eigenvalue weighted by Crippen LogP contribution is 2.57. The number of nitrogens with zero attached hydrogens (tertiary/aromatic N) is 2. The standard InChI is InChI=1S/C22H20Cl2N4O2/c23-7-15-17(24)9-27-21(25)19(15)12-3-1-2-10-4-18(26-8-16(10)12)28-22(30)20-13-5-11(29)6-14(13)20/h1-4,8-9,11,13-14,20,29H,5-7H2,(H2,25,27)(H,26,28,30). The summed E-state index contributed by atoms with van der Waals surface area (Å²) in [4.78, 5) is 21.2. The van der Waals surface area contributed by atoms with Gasteiger partial charge in [-0.05, 0) is 47.3 Å².